The van der Waals surface area contributed by atoms with E-state index in [2.05, 4.69) is 5.32 Å². The van der Waals surface area contributed by atoms with Crippen LogP contribution in [0, 0.1) is 11.2 Å². The van der Waals surface area contributed by atoms with E-state index in [0.29, 0.717) is 18.5 Å². The topological polar surface area (TPSA) is 66.4 Å². The molecule has 1 amide bonds. The molecule has 2 N–H and O–H groups in total. The van der Waals surface area contributed by atoms with Gasteiger partial charge in [-0.2, -0.15) is 0 Å². The highest BCUT2D eigenvalue weighted by Crippen LogP contribution is 2.41. The van der Waals surface area contributed by atoms with Crippen LogP contribution in [0.1, 0.15) is 32.1 Å². The molecule has 0 atom stereocenters. The van der Waals surface area contributed by atoms with Gasteiger partial charge in [-0.1, -0.05) is 24.4 Å². The Morgan fingerprint density at radius 2 is 2.00 bits per heavy atom. The molecule has 1 fully saturated rings. The molecule has 0 saturated heterocycles. The van der Waals surface area contributed by atoms with Crippen molar-refractivity contribution in [1.82, 2.24) is 0 Å². The largest absolute Gasteiger partial charge is 0.481 e. The lowest BCUT2D eigenvalue weighted by molar-refractivity contribution is -0.150. The molecule has 1 aliphatic carbocycles. The van der Waals surface area contributed by atoms with Crippen molar-refractivity contribution < 1.29 is 19.1 Å². The highest BCUT2D eigenvalue weighted by molar-refractivity contribution is 6.31. The highest BCUT2D eigenvalue weighted by atomic mass is 35.5. The van der Waals surface area contributed by atoms with Gasteiger partial charge < -0.3 is 10.4 Å². The summed E-state index contributed by atoms with van der Waals surface area (Å²) in [6, 6.07) is 3.85. The maximum atomic E-state index is 13.0. The molecule has 0 aromatic heterocycles. The number of anilines is 1. The van der Waals surface area contributed by atoms with Crippen LogP contribution in [0.4, 0.5) is 10.1 Å². The van der Waals surface area contributed by atoms with Crippen LogP contribution in [-0.2, 0) is 9.59 Å². The summed E-state index contributed by atoms with van der Waals surface area (Å²) in [6.45, 7) is 0. The summed E-state index contributed by atoms with van der Waals surface area (Å²) in [5, 5.41) is 11.8. The fraction of sp³-hybridized carbons (Fsp3) is 0.429. The monoisotopic (exact) mass is 299 g/mol. The molecular weight excluding hydrogens is 285 g/mol. The molecule has 0 radical (unpaired) electrons. The summed E-state index contributed by atoms with van der Waals surface area (Å²) < 4.78 is 13.0. The number of hydrogen-bond donors (Lipinski definition) is 2. The van der Waals surface area contributed by atoms with Crippen molar-refractivity contribution in [2.75, 3.05) is 5.32 Å². The lowest BCUT2D eigenvalue weighted by atomic mass is 9.82. The van der Waals surface area contributed by atoms with Crippen LogP contribution in [0.5, 0.6) is 0 Å². The van der Waals surface area contributed by atoms with Gasteiger partial charge >= 0.3 is 5.97 Å². The minimum atomic E-state index is -0.964. The van der Waals surface area contributed by atoms with Crippen molar-refractivity contribution in [3.05, 3.63) is 29.0 Å². The molecule has 1 aromatic rings. The molecule has 0 bridgehead atoms. The molecule has 0 heterocycles. The molecule has 2 rings (SSSR count). The second kappa shape index (κ2) is 5.79. The number of halogens is 2. The van der Waals surface area contributed by atoms with E-state index >= 15 is 0 Å². The summed E-state index contributed by atoms with van der Waals surface area (Å²) in [6.07, 6.45) is 2.60. The van der Waals surface area contributed by atoms with E-state index in [0.717, 1.165) is 18.9 Å². The van der Waals surface area contributed by atoms with Gasteiger partial charge in [-0.15, -0.1) is 0 Å². The molecule has 1 aromatic carbocycles. The smallest absolute Gasteiger partial charge is 0.310 e. The number of benzene rings is 1. The van der Waals surface area contributed by atoms with E-state index < -0.39 is 23.1 Å². The van der Waals surface area contributed by atoms with Gasteiger partial charge in [0.2, 0.25) is 5.91 Å². The number of aliphatic carboxylic acids is 1. The first kappa shape index (κ1) is 14.8. The van der Waals surface area contributed by atoms with Crippen molar-refractivity contribution in [2.45, 2.75) is 32.1 Å². The van der Waals surface area contributed by atoms with Gasteiger partial charge in [0.15, 0.2) is 0 Å². The summed E-state index contributed by atoms with van der Waals surface area (Å²) in [5.41, 5.74) is -0.603. The van der Waals surface area contributed by atoms with Gasteiger partial charge in [0.25, 0.3) is 0 Å². The predicted octanol–water partition coefficient (Wildman–Crippen LogP) is 3.45. The van der Waals surface area contributed by atoms with E-state index in [1.807, 2.05) is 0 Å². The van der Waals surface area contributed by atoms with Crippen LogP contribution < -0.4 is 5.32 Å². The van der Waals surface area contributed by atoms with Gasteiger partial charge in [-0.3, -0.25) is 9.59 Å². The van der Waals surface area contributed by atoms with Gasteiger partial charge in [0.05, 0.1) is 10.4 Å². The Kier molecular flexibility index (Phi) is 4.28. The Morgan fingerprint density at radius 3 is 2.55 bits per heavy atom. The zero-order valence-corrected chi connectivity index (χ0v) is 11.5. The number of hydrogen-bond acceptors (Lipinski definition) is 2. The Balaban J connectivity index is 2.04. The molecule has 20 heavy (non-hydrogen) atoms. The normalized spacial score (nSPS) is 16.9. The Hall–Kier alpha value is -1.62. The predicted molar refractivity (Wildman–Crippen MR) is 73.2 cm³/mol. The molecule has 6 heteroatoms. The van der Waals surface area contributed by atoms with Crippen molar-refractivity contribution >= 4 is 29.2 Å². The standard InChI is InChI=1S/C14H15ClFNO3/c15-10-7-9(3-4-11(10)16)17-12(18)8-14(13(19)20)5-1-2-6-14/h3-4,7H,1-2,5-6,8H2,(H,17,18)(H,19,20). The van der Waals surface area contributed by atoms with E-state index in [1.165, 1.54) is 12.1 Å². The third-order valence-corrected chi connectivity index (χ3v) is 4.01. The zero-order valence-electron chi connectivity index (χ0n) is 10.8. The van der Waals surface area contributed by atoms with E-state index in [1.54, 1.807) is 0 Å². The summed E-state index contributed by atoms with van der Waals surface area (Å²) in [5.74, 6) is -1.89. The van der Waals surface area contributed by atoms with Crippen molar-refractivity contribution in [2.24, 2.45) is 5.41 Å². The van der Waals surface area contributed by atoms with Gasteiger partial charge in [-0.05, 0) is 31.0 Å². The quantitative estimate of drug-likeness (QED) is 0.895. The molecule has 1 aliphatic rings. The Bertz CT molecular complexity index is 541. The molecule has 1 saturated carbocycles. The van der Waals surface area contributed by atoms with Gasteiger partial charge in [-0.25, -0.2) is 4.39 Å². The van der Waals surface area contributed by atoms with Crippen molar-refractivity contribution in [3.8, 4) is 0 Å². The zero-order chi connectivity index (χ0) is 14.8. The second-order valence-corrected chi connectivity index (χ2v) is 5.55. The molecular formula is C14H15ClFNO3. The fourth-order valence-electron chi connectivity index (χ4n) is 2.60. The van der Waals surface area contributed by atoms with Crippen LogP contribution in [0.3, 0.4) is 0 Å². The first-order valence-corrected chi connectivity index (χ1v) is 6.79. The SMILES string of the molecule is O=C(CC1(C(=O)O)CCCC1)Nc1ccc(F)c(Cl)c1. The second-order valence-electron chi connectivity index (χ2n) is 5.15. The average molecular weight is 300 g/mol. The number of carboxylic acid groups (broad SMARTS) is 1. The van der Waals surface area contributed by atoms with Gasteiger partial charge in [0, 0.05) is 12.1 Å². The minimum Gasteiger partial charge on any atom is -0.481 e. The van der Waals surface area contributed by atoms with Crippen molar-refractivity contribution in [1.29, 1.82) is 0 Å². The molecule has 0 unspecified atom stereocenters. The first-order chi connectivity index (χ1) is 9.43. The maximum Gasteiger partial charge on any atom is 0.310 e. The number of amides is 1. The lowest BCUT2D eigenvalue weighted by Crippen LogP contribution is -2.32. The average Bonchev–Trinajstić information content (AvgIpc) is 2.83. The van der Waals surface area contributed by atoms with Gasteiger partial charge in [0.1, 0.15) is 5.82 Å². The highest BCUT2D eigenvalue weighted by Gasteiger charge is 2.42. The first-order valence-electron chi connectivity index (χ1n) is 6.41. The van der Waals surface area contributed by atoms with Crippen LogP contribution in [-0.4, -0.2) is 17.0 Å². The molecule has 108 valence electrons. The molecule has 0 aliphatic heterocycles. The third kappa shape index (κ3) is 3.10. The van der Waals surface area contributed by atoms with Crippen LogP contribution in [0.15, 0.2) is 18.2 Å². The van der Waals surface area contributed by atoms with E-state index in [9.17, 15) is 19.1 Å². The van der Waals surface area contributed by atoms with E-state index in [-0.39, 0.29) is 11.4 Å². The number of carbonyl (C=O) groups excluding carboxylic acids is 1. The Labute approximate surface area is 120 Å². The summed E-state index contributed by atoms with van der Waals surface area (Å²) in [7, 11) is 0. The van der Waals surface area contributed by atoms with Crippen molar-refractivity contribution in [3.63, 3.8) is 0 Å². The number of rotatable bonds is 4. The van der Waals surface area contributed by atoms with Crippen LogP contribution >= 0.6 is 11.6 Å². The van der Waals surface area contributed by atoms with Crippen LogP contribution in [0.25, 0.3) is 0 Å². The van der Waals surface area contributed by atoms with E-state index in [4.69, 9.17) is 11.6 Å². The number of nitrogens with one attached hydrogen (secondary N) is 1. The van der Waals surface area contributed by atoms with Crippen LogP contribution in [0.2, 0.25) is 5.02 Å². The summed E-state index contributed by atoms with van der Waals surface area (Å²) >= 11 is 5.62. The third-order valence-electron chi connectivity index (χ3n) is 3.72. The fourth-order valence-corrected chi connectivity index (χ4v) is 2.78. The maximum absolute atomic E-state index is 13.0. The minimum absolute atomic E-state index is 0.0721. The lowest BCUT2D eigenvalue weighted by Gasteiger charge is -2.22. The summed E-state index contributed by atoms with van der Waals surface area (Å²) in [4.78, 5) is 23.3. The molecule has 4 nitrogen and oxygen atoms in total. The number of carboxylic acids is 1. The number of carbonyl (C=O) groups is 2. The molecule has 0 spiro atoms. The Morgan fingerprint density at radius 1 is 1.35 bits per heavy atom.